The molecule has 0 spiro atoms. The van der Waals surface area contributed by atoms with Crippen LogP contribution in [0.25, 0.3) is 5.57 Å². The average molecular weight is 401 g/mol. The Morgan fingerprint density at radius 2 is 1.72 bits per heavy atom. The highest BCUT2D eigenvalue weighted by Gasteiger charge is 2.26. The molecule has 2 aliphatic carbocycles. The van der Waals surface area contributed by atoms with Gasteiger partial charge in [0, 0.05) is 4.47 Å². The van der Waals surface area contributed by atoms with Gasteiger partial charge in [0.1, 0.15) is 0 Å². The Balaban J connectivity index is 1.43. The molecular weight excluding hydrogens is 368 g/mol. The van der Waals surface area contributed by atoms with Crippen molar-refractivity contribution in [1.29, 1.82) is 0 Å². The van der Waals surface area contributed by atoms with Gasteiger partial charge in [0.05, 0.1) is 0 Å². The summed E-state index contributed by atoms with van der Waals surface area (Å²) in [5, 5.41) is 0. The number of benzene rings is 1. The summed E-state index contributed by atoms with van der Waals surface area (Å²) >= 11 is 3.52. The minimum absolute atomic E-state index is 0.778. The van der Waals surface area contributed by atoms with Crippen LogP contribution < -0.4 is 0 Å². The molecule has 0 N–H and O–H groups in total. The van der Waals surface area contributed by atoms with Crippen LogP contribution in [0.3, 0.4) is 0 Å². The molecule has 1 unspecified atom stereocenters. The Kier molecular flexibility index (Phi) is 7.40. The van der Waals surface area contributed by atoms with Crippen molar-refractivity contribution < 1.29 is 0 Å². The van der Waals surface area contributed by atoms with Crippen molar-refractivity contribution in [2.24, 2.45) is 17.8 Å². The van der Waals surface area contributed by atoms with Gasteiger partial charge in [-0.1, -0.05) is 98.2 Å². The van der Waals surface area contributed by atoms with Crippen LogP contribution in [0.4, 0.5) is 0 Å². The molecular formula is C24H33Br. The largest absolute Gasteiger partial charge is 0.0802 e. The van der Waals surface area contributed by atoms with Gasteiger partial charge in [0.25, 0.3) is 0 Å². The maximum atomic E-state index is 3.52. The zero-order chi connectivity index (χ0) is 17.5. The molecule has 1 atom stereocenters. The lowest BCUT2D eigenvalue weighted by Crippen LogP contribution is -2.21. The maximum absolute atomic E-state index is 3.52. The van der Waals surface area contributed by atoms with Crippen molar-refractivity contribution in [3.8, 4) is 0 Å². The second-order valence-electron chi connectivity index (χ2n) is 8.06. The number of hydrogen-bond acceptors (Lipinski definition) is 0. The minimum atomic E-state index is 0.778. The van der Waals surface area contributed by atoms with Gasteiger partial charge in [-0.15, -0.1) is 0 Å². The van der Waals surface area contributed by atoms with E-state index in [0.717, 1.165) is 22.2 Å². The van der Waals surface area contributed by atoms with Crippen LogP contribution in [-0.2, 0) is 0 Å². The zero-order valence-corrected chi connectivity index (χ0v) is 17.3. The molecule has 0 aromatic heterocycles. The van der Waals surface area contributed by atoms with Gasteiger partial charge in [0.15, 0.2) is 0 Å². The zero-order valence-electron chi connectivity index (χ0n) is 15.7. The Bertz CT molecular complexity index is 573. The fourth-order valence-electron chi connectivity index (χ4n) is 4.61. The highest BCUT2D eigenvalue weighted by molar-refractivity contribution is 9.10. The number of halogens is 1. The summed E-state index contributed by atoms with van der Waals surface area (Å²) < 4.78 is 1.15. The van der Waals surface area contributed by atoms with Crippen molar-refractivity contribution >= 4 is 21.5 Å². The van der Waals surface area contributed by atoms with Crippen molar-refractivity contribution in [3.63, 3.8) is 0 Å². The van der Waals surface area contributed by atoms with E-state index in [0.29, 0.717) is 0 Å². The average Bonchev–Trinajstić information content (AvgIpc) is 2.67. The van der Waals surface area contributed by atoms with Crippen LogP contribution in [0.1, 0.15) is 76.7 Å². The van der Waals surface area contributed by atoms with E-state index < -0.39 is 0 Å². The summed E-state index contributed by atoms with van der Waals surface area (Å²) in [6.45, 7) is 2.31. The molecule has 0 radical (unpaired) electrons. The second kappa shape index (κ2) is 9.76. The molecule has 1 aromatic carbocycles. The Morgan fingerprint density at radius 3 is 2.36 bits per heavy atom. The van der Waals surface area contributed by atoms with E-state index in [-0.39, 0.29) is 0 Å². The second-order valence-corrected chi connectivity index (χ2v) is 8.97. The summed E-state index contributed by atoms with van der Waals surface area (Å²) in [6, 6.07) is 8.70. The van der Waals surface area contributed by atoms with Gasteiger partial charge in [-0.25, -0.2) is 0 Å². The van der Waals surface area contributed by atoms with E-state index in [2.05, 4.69) is 65.3 Å². The topological polar surface area (TPSA) is 0 Å². The third kappa shape index (κ3) is 5.58. The van der Waals surface area contributed by atoms with Gasteiger partial charge < -0.3 is 0 Å². The predicted molar refractivity (Wildman–Crippen MR) is 114 cm³/mol. The van der Waals surface area contributed by atoms with E-state index in [1.807, 2.05) is 0 Å². The predicted octanol–water partition coefficient (Wildman–Crippen LogP) is 8.19. The van der Waals surface area contributed by atoms with E-state index >= 15 is 0 Å². The van der Waals surface area contributed by atoms with E-state index in [1.54, 1.807) is 0 Å². The fraction of sp³-hybridized carbons (Fsp3) is 0.583. The lowest BCUT2D eigenvalue weighted by molar-refractivity contribution is 0.218. The van der Waals surface area contributed by atoms with Crippen molar-refractivity contribution in [2.45, 2.75) is 71.1 Å². The van der Waals surface area contributed by atoms with Gasteiger partial charge in [-0.3, -0.25) is 0 Å². The van der Waals surface area contributed by atoms with Gasteiger partial charge in [0.2, 0.25) is 0 Å². The maximum Gasteiger partial charge on any atom is 0.0175 e. The van der Waals surface area contributed by atoms with Crippen LogP contribution in [0.15, 0.2) is 47.0 Å². The van der Waals surface area contributed by atoms with Crippen LogP contribution in [-0.4, -0.2) is 0 Å². The molecule has 1 saturated carbocycles. The van der Waals surface area contributed by atoms with E-state index in [1.165, 1.54) is 75.3 Å². The van der Waals surface area contributed by atoms with Crippen LogP contribution in [0.2, 0.25) is 0 Å². The van der Waals surface area contributed by atoms with Crippen LogP contribution >= 0.6 is 15.9 Å². The molecule has 0 amide bonds. The third-order valence-electron chi connectivity index (χ3n) is 6.27. The summed E-state index contributed by atoms with van der Waals surface area (Å²) in [6.07, 6.45) is 21.6. The molecule has 1 heteroatoms. The molecule has 1 fully saturated rings. The van der Waals surface area contributed by atoms with Crippen LogP contribution in [0.5, 0.6) is 0 Å². The molecule has 0 aliphatic heterocycles. The molecule has 136 valence electrons. The van der Waals surface area contributed by atoms with Gasteiger partial charge in [-0.2, -0.15) is 0 Å². The van der Waals surface area contributed by atoms with Gasteiger partial charge >= 0.3 is 0 Å². The van der Waals surface area contributed by atoms with E-state index in [9.17, 15) is 0 Å². The monoisotopic (exact) mass is 400 g/mol. The fourth-order valence-corrected chi connectivity index (χ4v) is 4.87. The first-order valence-electron chi connectivity index (χ1n) is 10.4. The van der Waals surface area contributed by atoms with Crippen molar-refractivity contribution in [1.82, 2.24) is 0 Å². The normalized spacial score (nSPS) is 26.5. The first-order valence-corrected chi connectivity index (χ1v) is 11.2. The first kappa shape index (κ1) is 19.0. The Labute approximate surface area is 162 Å². The molecule has 0 saturated heterocycles. The quantitative estimate of drug-likeness (QED) is 0.404. The van der Waals surface area contributed by atoms with Crippen LogP contribution in [0, 0.1) is 17.8 Å². The molecule has 0 bridgehead atoms. The number of rotatable bonds is 7. The number of unbranched alkanes of at least 4 members (excludes halogenated alkanes) is 3. The Hall–Kier alpha value is -0.820. The highest BCUT2D eigenvalue weighted by atomic mass is 79.9. The molecule has 25 heavy (non-hydrogen) atoms. The number of allylic oxidation sites excluding steroid dienone is 4. The first-order chi connectivity index (χ1) is 12.3. The Morgan fingerprint density at radius 1 is 0.960 bits per heavy atom. The van der Waals surface area contributed by atoms with E-state index in [4.69, 9.17) is 0 Å². The standard InChI is InChI=1S/C24H33Br/c1-2-3-4-5-6-19-7-9-20(10-8-19)21-11-13-22(14-12-21)23-15-17-24(25)18-16-23/h11,13-21H,2-10,12H2,1H3. The summed E-state index contributed by atoms with van der Waals surface area (Å²) in [7, 11) is 0. The molecule has 0 nitrogen and oxygen atoms in total. The SMILES string of the molecule is CCCCCCC1CCC(C2C=CC(c3ccc(Br)cc3)=CC2)CC1. The van der Waals surface area contributed by atoms with Gasteiger partial charge in [-0.05, 0) is 60.3 Å². The smallest absolute Gasteiger partial charge is 0.0175 e. The lowest BCUT2D eigenvalue weighted by atomic mass is 9.72. The summed E-state index contributed by atoms with van der Waals surface area (Å²) in [5.41, 5.74) is 2.74. The van der Waals surface area contributed by atoms with Crippen molar-refractivity contribution in [3.05, 3.63) is 52.5 Å². The summed E-state index contributed by atoms with van der Waals surface area (Å²) in [5.74, 6) is 2.72. The molecule has 1 aromatic rings. The van der Waals surface area contributed by atoms with Crippen molar-refractivity contribution in [2.75, 3.05) is 0 Å². The number of hydrogen-bond donors (Lipinski definition) is 0. The lowest BCUT2D eigenvalue weighted by Gasteiger charge is -2.33. The third-order valence-corrected chi connectivity index (χ3v) is 6.80. The molecule has 3 rings (SSSR count). The summed E-state index contributed by atoms with van der Waals surface area (Å²) in [4.78, 5) is 0. The molecule has 2 aliphatic rings. The highest BCUT2D eigenvalue weighted by Crippen LogP contribution is 2.39. The molecule has 0 heterocycles. The minimum Gasteiger partial charge on any atom is -0.0802 e.